The van der Waals surface area contributed by atoms with Gasteiger partial charge in [-0.1, -0.05) is 74.3 Å². The molecule has 1 fully saturated rings. The number of unbranched alkanes of at least 4 members (excludes halogenated alkanes) is 3. The minimum absolute atomic E-state index is 0.792. The van der Waals surface area contributed by atoms with E-state index in [1.54, 1.807) is 0 Å². The molecule has 1 saturated carbocycles. The number of rotatable bonds is 6. The molecule has 132 valence electrons. The minimum Gasteiger partial charge on any atom is -0.0654 e. The van der Waals surface area contributed by atoms with Crippen LogP contribution in [0, 0.1) is 36.5 Å². The zero-order valence-corrected chi connectivity index (χ0v) is 16.0. The van der Waals surface area contributed by atoms with Crippen LogP contribution in [-0.2, 0) is 0 Å². The highest BCUT2D eigenvalue weighted by Gasteiger charge is 2.37. The van der Waals surface area contributed by atoms with Gasteiger partial charge < -0.3 is 0 Å². The van der Waals surface area contributed by atoms with Gasteiger partial charge in [0.1, 0.15) is 0 Å². The quantitative estimate of drug-likeness (QED) is 0.417. The Balaban J connectivity index is 1.49. The van der Waals surface area contributed by atoms with Crippen LogP contribution in [0.15, 0.2) is 48.5 Å². The molecule has 2 atom stereocenters. The van der Waals surface area contributed by atoms with Gasteiger partial charge in [-0.25, -0.2) is 0 Å². The first-order valence-electron chi connectivity index (χ1n) is 9.95. The first kappa shape index (κ1) is 18.4. The Kier molecular flexibility index (Phi) is 6.57. The predicted molar refractivity (Wildman–Crippen MR) is 111 cm³/mol. The first-order chi connectivity index (χ1) is 12.8. The number of hydrogen-bond acceptors (Lipinski definition) is 0. The van der Waals surface area contributed by atoms with Crippen LogP contribution in [0.25, 0.3) is 0 Å². The van der Waals surface area contributed by atoms with Crippen LogP contribution >= 0.6 is 0 Å². The molecule has 0 heteroatoms. The normalized spacial score (nSPS) is 17.6. The molecular weight excluding hydrogens is 312 g/mol. The molecule has 0 bridgehead atoms. The molecule has 0 aliphatic heterocycles. The third-order valence-electron chi connectivity index (χ3n) is 5.22. The highest BCUT2D eigenvalue weighted by molar-refractivity contribution is 5.45. The van der Waals surface area contributed by atoms with Crippen molar-refractivity contribution >= 4 is 0 Å². The SMILES string of the molecule is CCCCCCC1CC1c1ccc(C#CC#Cc2ccc(C)cc2)cc1. The van der Waals surface area contributed by atoms with Crippen molar-refractivity contribution in [2.24, 2.45) is 5.92 Å². The molecule has 0 saturated heterocycles. The van der Waals surface area contributed by atoms with E-state index in [4.69, 9.17) is 0 Å². The van der Waals surface area contributed by atoms with E-state index in [-0.39, 0.29) is 0 Å². The molecule has 26 heavy (non-hydrogen) atoms. The largest absolute Gasteiger partial charge is 0.0654 e. The lowest BCUT2D eigenvalue weighted by Gasteiger charge is -2.01. The van der Waals surface area contributed by atoms with Crippen molar-refractivity contribution in [2.75, 3.05) is 0 Å². The monoisotopic (exact) mass is 340 g/mol. The second kappa shape index (κ2) is 9.31. The highest BCUT2D eigenvalue weighted by atomic mass is 14.4. The van der Waals surface area contributed by atoms with Gasteiger partial charge in [0.2, 0.25) is 0 Å². The molecule has 0 heterocycles. The van der Waals surface area contributed by atoms with Gasteiger partial charge in [0.15, 0.2) is 0 Å². The topological polar surface area (TPSA) is 0 Å². The van der Waals surface area contributed by atoms with Crippen LogP contribution in [0.2, 0.25) is 0 Å². The van der Waals surface area contributed by atoms with Crippen molar-refractivity contribution < 1.29 is 0 Å². The van der Waals surface area contributed by atoms with Crippen molar-refractivity contribution in [2.45, 2.75) is 58.3 Å². The van der Waals surface area contributed by atoms with E-state index < -0.39 is 0 Å². The Labute approximate surface area is 159 Å². The Hall–Kier alpha value is -2.44. The third-order valence-corrected chi connectivity index (χ3v) is 5.22. The maximum absolute atomic E-state index is 3.15. The molecule has 2 aromatic rings. The summed E-state index contributed by atoms with van der Waals surface area (Å²) >= 11 is 0. The molecule has 0 N–H and O–H groups in total. The van der Waals surface area contributed by atoms with Crippen molar-refractivity contribution in [1.29, 1.82) is 0 Å². The minimum atomic E-state index is 0.792. The van der Waals surface area contributed by atoms with Crippen molar-refractivity contribution in [3.63, 3.8) is 0 Å². The van der Waals surface area contributed by atoms with Gasteiger partial charge in [-0.2, -0.15) is 0 Å². The molecule has 0 radical (unpaired) electrons. The van der Waals surface area contributed by atoms with E-state index in [1.807, 2.05) is 12.1 Å². The molecule has 0 amide bonds. The lowest BCUT2D eigenvalue weighted by Crippen LogP contribution is -1.86. The third kappa shape index (κ3) is 5.54. The predicted octanol–water partition coefficient (Wildman–Crippen LogP) is 6.47. The maximum Gasteiger partial charge on any atom is 0.0255 e. The lowest BCUT2D eigenvalue weighted by molar-refractivity contribution is 0.589. The highest BCUT2D eigenvalue weighted by Crippen LogP contribution is 2.50. The summed E-state index contributed by atoms with van der Waals surface area (Å²) in [6.07, 6.45) is 8.29. The van der Waals surface area contributed by atoms with E-state index >= 15 is 0 Å². The second-order valence-corrected chi connectivity index (χ2v) is 7.44. The summed E-state index contributed by atoms with van der Waals surface area (Å²) in [7, 11) is 0. The van der Waals surface area contributed by atoms with Crippen LogP contribution < -0.4 is 0 Å². The molecule has 0 aromatic heterocycles. The summed E-state index contributed by atoms with van der Waals surface area (Å²) in [5.41, 5.74) is 4.80. The van der Waals surface area contributed by atoms with Gasteiger partial charge in [0, 0.05) is 11.1 Å². The lowest BCUT2D eigenvalue weighted by atomic mass is 10.0. The van der Waals surface area contributed by atoms with E-state index in [1.165, 1.54) is 49.7 Å². The fourth-order valence-electron chi connectivity index (χ4n) is 3.47. The number of hydrogen-bond donors (Lipinski definition) is 0. The Bertz CT molecular complexity index is 816. The van der Waals surface area contributed by atoms with Crippen molar-refractivity contribution in [3.05, 3.63) is 70.8 Å². The van der Waals surface area contributed by atoms with Crippen molar-refractivity contribution in [1.82, 2.24) is 0 Å². The van der Waals surface area contributed by atoms with Crippen molar-refractivity contribution in [3.8, 4) is 23.7 Å². The van der Waals surface area contributed by atoms with Crippen LogP contribution in [0.4, 0.5) is 0 Å². The van der Waals surface area contributed by atoms with Gasteiger partial charge >= 0.3 is 0 Å². The van der Waals surface area contributed by atoms with Gasteiger partial charge in [0.25, 0.3) is 0 Å². The first-order valence-corrected chi connectivity index (χ1v) is 9.95. The Morgan fingerprint density at radius 1 is 0.808 bits per heavy atom. The van der Waals surface area contributed by atoms with E-state index in [9.17, 15) is 0 Å². The molecule has 1 aliphatic rings. The van der Waals surface area contributed by atoms with Gasteiger partial charge in [0.05, 0.1) is 0 Å². The molecule has 0 nitrogen and oxygen atoms in total. The van der Waals surface area contributed by atoms with E-state index in [2.05, 4.69) is 73.9 Å². The molecule has 0 spiro atoms. The molecule has 1 aliphatic carbocycles. The smallest absolute Gasteiger partial charge is 0.0255 e. The fraction of sp³-hybridized carbons (Fsp3) is 0.385. The average Bonchev–Trinajstić information content (AvgIpc) is 3.44. The summed E-state index contributed by atoms with van der Waals surface area (Å²) in [6, 6.07) is 17.0. The van der Waals surface area contributed by atoms with Gasteiger partial charge in [-0.05, 0) is 73.3 Å². The zero-order chi connectivity index (χ0) is 18.2. The molecule has 2 aromatic carbocycles. The van der Waals surface area contributed by atoms with E-state index in [0.29, 0.717) is 0 Å². The summed E-state index contributed by atoms with van der Waals surface area (Å²) < 4.78 is 0. The second-order valence-electron chi connectivity index (χ2n) is 7.44. The van der Waals surface area contributed by atoms with Crippen LogP contribution in [0.1, 0.15) is 73.6 Å². The summed E-state index contributed by atoms with van der Waals surface area (Å²) in [5.74, 6) is 13.9. The van der Waals surface area contributed by atoms with Gasteiger partial charge in [-0.15, -0.1) is 0 Å². The summed E-state index contributed by atoms with van der Waals surface area (Å²) in [6.45, 7) is 4.36. The number of aryl methyl sites for hydroxylation is 1. The Morgan fingerprint density at radius 3 is 2.04 bits per heavy atom. The van der Waals surface area contributed by atoms with Crippen LogP contribution in [0.3, 0.4) is 0 Å². The van der Waals surface area contributed by atoms with Crippen LogP contribution in [-0.4, -0.2) is 0 Å². The van der Waals surface area contributed by atoms with E-state index in [0.717, 1.165) is 23.0 Å². The van der Waals surface area contributed by atoms with Gasteiger partial charge in [-0.3, -0.25) is 0 Å². The Morgan fingerprint density at radius 2 is 1.42 bits per heavy atom. The molecular formula is C26H28. The maximum atomic E-state index is 3.15. The molecule has 3 rings (SSSR count). The molecule has 2 unspecified atom stereocenters. The summed E-state index contributed by atoms with van der Waals surface area (Å²) in [4.78, 5) is 0. The average molecular weight is 341 g/mol. The zero-order valence-electron chi connectivity index (χ0n) is 16.0. The summed E-state index contributed by atoms with van der Waals surface area (Å²) in [5, 5.41) is 0. The standard InChI is InChI=1S/C26H28/c1-3-4-5-6-11-25-20-26(25)24-18-16-23(17-19-24)10-8-7-9-22-14-12-21(2)13-15-22/h12-19,25-26H,3-6,11,20H2,1-2H3. The number of benzene rings is 2. The van der Waals surface area contributed by atoms with Crippen LogP contribution in [0.5, 0.6) is 0 Å². The fourth-order valence-corrected chi connectivity index (χ4v) is 3.47.